The van der Waals surface area contributed by atoms with Crippen LogP contribution >= 0.6 is 11.8 Å². The predicted octanol–water partition coefficient (Wildman–Crippen LogP) is 2.49. The number of H-pyrrole nitrogens is 1. The number of nitrogens with zero attached hydrogens (tertiary/aromatic N) is 3. The van der Waals surface area contributed by atoms with Gasteiger partial charge in [0.05, 0.1) is 31.5 Å². The molecule has 2 N–H and O–H groups in total. The van der Waals surface area contributed by atoms with Crippen molar-refractivity contribution in [3.8, 4) is 11.5 Å². The predicted molar refractivity (Wildman–Crippen MR) is 95.2 cm³/mol. The van der Waals surface area contributed by atoms with Crippen LogP contribution in [0.1, 0.15) is 6.92 Å². The lowest BCUT2D eigenvalue weighted by molar-refractivity contribution is -0.115. The van der Waals surface area contributed by atoms with Gasteiger partial charge in [-0.05, 0) is 19.1 Å². The van der Waals surface area contributed by atoms with Crippen LogP contribution in [0.15, 0.2) is 35.9 Å². The number of thioether (sulfide) groups is 1. The molecule has 130 valence electrons. The first kappa shape index (κ1) is 17.0. The zero-order valence-electron chi connectivity index (χ0n) is 13.9. The Labute approximate surface area is 148 Å². The van der Waals surface area contributed by atoms with Gasteiger partial charge in [-0.25, -0.2) is 15.0 Å². The standard InChI is InChI=1S/C16H17N5O3S/c1-9(25-16-13-14(18-7-17-13)19-8-20-16)15(22)21-11-6-10(23-2)4-5-12(11)24-3/h4-9H,1-3H3,(H,21,22)(H,17,18,19,20)/t9-/m1/s1. The summed E-state index contributed by atoms with van der Waals surface area (Å²) in [5.41, 5.74) is 1.83. The average molecular weight is 359 g/mol. The third-order valence-electron chi connectivity index (χ3n) is 3.51. The van der Waals surface area contributed by atoms with Crippen molar-refractivity contribution in [3.63, 3.8) is 0 Å². The van der Waals surface area contributed by atoms with Gasteiger partial charge < -0.3 is 19.8 Å². The van der Waals surface area contributed by atoms with Crippen molar-refractivity contribution in [3.05, 3.63) is 30.9 Å². The quantitative estimate of drug-likeness (QED) is 0.515. The number of fused-ring (bicyclic) bond motifs is 1. The van der Waals surface area contributed by atoms with Crippen LogP contribution in [-0.4, -0.2) is 45.3 Å². The van der Waals surface area contributed by atoms with Crippen LogP contribution in [0.2, 0.25) is 0 Å². The number of carbonyl (C=O) groups is 1. The Morgan fingerprint density at radius 2 is 2.08 bits per heavy atom. The second kappa shape index (κ2) is 7.39. The molecule has 0 bridgehead atoms. The summed E-state index contributed by atoms with van der Waals surface area (Å²) >= 11 is 1.32. The Balaban J connectivity index is 1.76. The van der Waals surface area contributed by atoms with Gasteiger partial charge in [0, 0.05) is 6.07 Å². The molecule has 2 aromatic heterocycles. The van der Waals surface area contributed by atoms with Crippen molar-refractivity contribution in [1.29, 1.82) is 0 Å². The highest BCUT2D eigenvalue weighted by Gasteiger charge is 2.19. The maximum Gasteiger partial charge on any atom is 0.237 e. The topological polar surface area (TPSA) is 102 Å². The average Bonchev–Trinajstić information content (AvgIpc) is 3.11. The van der Waals surface area contributed by atoms with Crippen molar-refractivity contribution in [2.75, 3.05) is 19.5 Å². The van der Waals surface area contributed by atoms with E-state index in [2.05, 4.69) is 25.3 Å². The van der Waals surface area contributed by atoms with Gasteiger partial charge in [0.25, 0.3) is 0 Å². The number of aromatic amines is 1. The first-order valence-corrected chi connectivity index (χ1v) is 8.34. The van der Waals surface area contributed by atoms with Crippen LogP contribution in [0, 0.1) is 0 Å². The molecule has 25 heavy (non-hydrogen) atoms. The number of hydrogen-bond donors (Lipinski definition) is 2. The Morgan fingerprint density at radius 1 is 1.24 bits per heavy atom. The van der Waals surface area contributed by atoms with E-state index in [1.807, 2.05) is 0 Å². The van der Waals surface area contributed by atoms with E-state index >= 15 is 0 Å². The normalized spacial score (nSPS) is 12.0. The molecule has 0 fully saturated rings. The van der Waals surface area contributed by atoms with E-state index in [0.717, 1.165) is 0 Å². The van der Waals surface area contributed by atoms with E-state index in [4.69, 9.17) is 9.47 Å². The fourth-order valence-electron chi connectivity index (χ4n) is 2.20. The highest BCUT2D eigenvalue weighted by Crippen LogP contribution is 2.31. The lowest BCUT2D eigenvalue weighted by atomic mass is 10.2. The SMILES string of the molecule is COc1ccc(OC)c(NC(=O)[C@@H](C)Sc2ncnc3nc[nH]c23)c1. The van der Waals surface area contributed by atoms with E-state index in [1.165, 1.54) is 18.1 Å². The van der Waals surface area contributed by atoms with E-state index in [9.17, 15) is 4.79 Å². The van der Waals surface area contributed by atoms with Gasteiger partial charge in [0.1, 0.15) is 28.4 Å². The monoisotopic (exact) mass is 359 g/mol. The Morgan fingerprint density at radius 3 is 2.84 bits per heavy atom. The van der Waals surface area contributed by atoms with Crippen LogP contribution < -0.4 is 14.8 Å². The molecule has 0 saturated heterocycles. The third kappa shape index (κ3) is 3.66. The van der Waals surface area contributed by atoms with Crippen molar-refractivity contribution >= 4 is 34.5 Å². The van der Waals surface area contributed by atoms with Crippen LogP contribution in [0.3, 0.4) is 0 Å². The number of rotatable bonds is 6. The zero-order valence-corrected chi connectivity index (χ0v) is 14.8. The van der Waals surface area contributed by atoms with Gasteiger partial charge in [0.2, 0.25) is 5.91 Å². The number of hydrogen-bond acceptors (Lipinski definition) is 7. The van der Waals surface area contributed by atoms with Crippen LogP contribution in [0.5, 0.6) is 11.5 Å². The molecule has 0 spiro atoms. The van der Waals surface area contributed by atoms with Crippen molar-refractivity contribution in [2.45, 2.75) is 17.2 Å². The van der Waals surface area contributed by atoms with Gasteiger partial charge in [-0.15, -0.1) is 0 Å². The second-order valence-corrected chi connectivity index (χ2v) is 6.43. The maximum absolute atomic E-state index is 12.6. The molecule has 0 unspecified atom stereocenters. The summed E-state index contributed by atoms with van der Waals surface area (Å²) in [7, 11) is 3.11. The largest absolute Gasteiger partial charge is 0.497 e. The first-order valence-electron chi connectivity index (χ1n) is 7.46. The number of benzene rings is 1. The highest BCUT2D eigenvalue weighted by molar-refractivity contribution is 8.00. The molecular formula is C16H17N5O3S. The van der Waals surface area contributed by atoms with Crippen LogP contribution in [-0.2, 0) is 4.79 Å². The number of nitrogens with one attached hydrogen (secondary N) is 2. The Bertz CT molecular complexity index is 898. The molecule has 0 aliphatic rings. The minimum Gasteiger partial charge on any atom is -0.497 e. The molecule has 0 aliphatic heterocycles. The molecule has 2 heterocycles. The second-order valence-electron chi connectivity index (χ2n) is 5.10. The molecule has 1 amide bonds. The fourth-order valence-corrected chi connectivity index (χ4v) is 3.08. The zero-order chi connectivity index (χ0) is 17.8. The number of amides is 1. The van der Waals surface area contributed by atoms with Crippen molar-refractivity contribution in [2.24, 2.45) is 0 Å². The number of methoxy groups -OCH3 is 2. The third-order valence-corrected chi connectivity index (χ3v) is 4.61. The molecule has 0 aliphatic carbocycles. The lowest BCUT2D eigenvalue weighted by Crippen LogP contribution is -2.23. The first-order chi connectivity index (χ1) is 12.1. The fraction of sp³-hybridized carbons (Fsp3) is 0.250. The smallest absolute Gasteiger partial charge is 0.237 e. The summed E-state index contributed by atoms with van der Waals surface area (Å²) in [6, 6.07) is 5.22. The molecule has 8 nitrogen and oxygen atoms in total. The van der Waals surface area contributed by atoms with Gasteiger partial charge in [-0.2, -0.15) is 0 Å². The Kier molecular flexibility index (Phi) is 5.03. The summed E-state index contributed by atoms with van der Waals surface area (Å²) in [5.74, 6) is 1.01. The molecule has 3 aromatic rings. The van der Waals surface area contributed by atoms with E-state index in [0.29, 0.717) is 33.4 Å². The van der Waals surface area contributed by atoms with E-state index < -0.39 is 5.25 Å². The van der Waals surface area contributed by atoms with E-state index in [1.54, 1.807) is 45.7 Å². The maximum atomic E-state index is 12.6. The summed E-state index contributed by atoms with van der Waals surface area (Å²) < 4.78 is 10.5. The number of ether oxygens (including phenoxy) is 2. The minimum atomic E-state index is -0.391. The van der Waals surface area contributed by atoms with Gasteiger partial charge >= 0.3 is 0 Å². The minimum absolute atomic E-state index is 0.178. The lowest BCUT2D eigenvalue weighted by Gasteiger charge is -2.15. The number of anilines is 1. The van der Waals surface area contributed by atoms with E-state index in [-0.39, 0.29) is 5.91 Å². The number of aromatic nitrogens is 4. The van der Waals surface area contributed by atoms with Crippen LogP contribution in [0.25, 0.3) is 11.2 Å². The molecular weight excluding hydrogens is 342 g/mol. The summed E-state index contributed by atoms with van der Waals surface area (Å²) in [5, 5.41) is 3.14. The molecule has 1 atom stereocenters. The van der Waals surface area contributed by atoms with Gasteiger partial charge in [-0.3, -0.25) is 4.79 Å². The van der Waals surface area contributed by atoms with Gasteiger partial charge in [0.15, 0.2) is 5.65 Å². The molecule has 0 saturated carbocycles. The van der Waals surface area contributed by atoms with Crippen molar-refractivity contribution < 1.29 is 14.3 Å². The Hall–Kier alpha value is -2.81. The molecule has 9 heteroatoms. The molecule has 1 aromatic carbocycles. The summed E-state index contributed by atoms with van der Waals surface area (Å²) in [4.78, 5) is 27.9. The van der Waals surface area contributed by atoms with Crippen LogP contribution in [0.4, 0.5) is 5.69 Å². The van der Waals surface area contributed by atoms with Crippen molar-refractivity contribution in [1.82, 2.24) is 19.9 Å². The molecule has 3 rings (SSSR count). The number of carbonyl (C=O) groups excluding carboxylic acids is 1. The summed E-state index contributed by atoms with van der Waals surface area (Å²) in [6.07, 6.45) is 2.98. The van der Waals surface area contributed by atoms with Gasteiger partial charge in [-0.1, -0.05) is 11.8 Å². The summed E-state index contributed by atoms with van der Waals surface area (Å²) in [6.45, 7) is 1.80. The number of imidazole rings is 1. The highest BCUT2D eigenvalue weighted by atomic mass is 32.2. The molecule has 0 radical (unpaired) electrons.